The van der Waals surface area contributed by atoms with Gasteiger partial charge >= 0.3 is 6.18 Å². The Balaban J connectivity index is 1.67. The molecule has 156 valence electrons. The van der Waals surface area contributed by atoms with E-state index in [1.165, 1.54) is 17.4 Å². The lowest BCUT2D eigenvalue weighted by molar-refractivity contribution is -0.137. The Bertz CT molecular complexity index is 923. The van der Waals surface area contributed by atoms with Crippen molar-refractivity contribution in [1.82, 2.24) is 4.98 Å². The van der Waals surface area contributed by atoms with Crippen molar-refractivity contribution in [3.05, 3.63) is 68.8 Å². The van der Waals surface area contributed by atoms with E-state index in [4.69, 9.17) is 0 Å². The van der Waals surface area contributed by atoms with Gasteiger partial charge in [-0.1, -0.05) is 59.3 Å². The third-order valence-corrected chi connectivity index (χ3v) is 6.65. The van der Waals surface area contributed by atoms with E-state index in [1.54, 1.807) is 6.07 Å². The van der Waals surface area contributed by atoms with Crippen molar-refractivity contribution >= 4 is 32.3 Å². The number of aromatic nitrogens is 1. The molecule has 3 rings (SSSR count). The average Bonchev–Trinajstić information content (AvgIpc) is 2.99. The number of rotatable bonds is 6. The van der Waals surface area contributed by atoms with E-state index in [-0.39, 0.29) is 11.8 Å². The van der Waals surface area contributed by atoms with Crippen molar-refractivity contribution in [2.24, 2.45) is 11.8 Å². The first-order valence-electron chi connectivity index (χ1n) is 9.23. The molecule has 0 saturated carbocycles. The highest BCUT2D eigenvalue weighted by Gasteiger charge is 2.30. The van der Waals surface area contributed by atoms with Crippen LogP contribution < -0.4 is 5.32 Å². The van der Waals surface area contributed by atoms with Crippen LogP contribution in [0.5, 0.6) is 0 Å². The van der Waals surface area contributed by atoms with Crippen LogP contribution in [0.1, 0.15) is 35.2 Å². The predicted molar refractivity (Wildman–Crippen MR) is 114 cm³/mol. The number of allylic oxidation sites excluding steroid dienone is 4. The smallest absolute Gasteiger partial charge is 0.373 e. The maximum absolute atomic E-state index is 12.9. The van der Waals surface area contributed by atoms with E-state index in [0.29, 0.717) is 17.0 Å². The molecule has 29 heavy (non-hydrogen) atoms. The van der Waals surface area contributed by atoms with Gasteiger partial charge in [0.1, 0.15) is 11.2 Å². The van der Waals surface area contributed by atoms with Gasteiger partial charge in [-0.3, -0.25) is 0 Å². The Hall–Kier alpha value is -1.64. The molecule has 0 bridgehead atoms. The molecule has 3 nitrogen and oxygen atoms in total. The standard InChI is InChI=1S/C21H22BrF3N2OS/c1-12(15-6-4-8-17(22)11-15)19(28)27-20-13(2)26-18(29-20)10-14-5-3-7-16(9-14)21(23,24)25/h3-9,12,15,19,27-28H,10-11H2,1-2H3. The summed E-state index contributed by atoms with van der Waals surface area (Å²) in [5.74, 6) is 0.176. The molecule has 1 aromatic heterocycles. The monoisotopic (exact) mass is 486 g/mol. The van der Waals surface area contributed by atoms with Crippen LogP contribution >= 0.6 is 27.3 Å². The van der Waals surface area contributed by atoms with E-state index >= 15 is 0 Å². The Kier molecular flexibility index (Phi) is 6.86. The van der Waals surface area contributed by atoms with Crippen LogP contribution in [-0.4, -0.2) is 16.3 Å². The van der Waals surface area contributed by atoms with E-state index in [9.17, 15) is 18.3 Å². The summed E-state index contributed by atoms with van der Waals surface area (Å²) in [5.41, 5.74) is 0.619. The first kappa shape index (κ1) is 22.1. The zero-order valence-electron chi connectivity index (χ0n) is 16.0. The fourth-order valence-corrected chi connectivity index (χ4v) is 4.78. The van der Waals surface area contributed by atoms with Crippen LogP contribution in [-0.2, 0) is 12.6 Å². The summed E-state index contributed by atoms with van der Waals surface area (Å²) in [5, 5.41) is 15.2. The Morgan fingerprint density at radius 3 is 2.83 bits per heavy atom. The fourth-order valence-electron chi connectivity index (χ4n) is 3.22. The van der Waals surface area contributed by atoms with Crippen LogP contribution in [0, 0.1) is 18.8 Å². The molecular formula is C21H22BrF3N2OS. The largest absolute Gasteiger partial charge is 0.416 e. The van der Waals surface area contributed by atoms with Crippen LogP contribution in [0.2, 0.25) is 0 Å². The molecule has 0 aliphatic heterocycles. The van der Waals surface area contributed by atoms with Gasteiger partial charge in [0, 0.05) is 12.3 Å². The van der Waals surface area contributed by atoms with Gasteiger partial charge in [0.05, 0.1) is 16.3 Å². The van der Waals surface area contributed by atoms with Crippen LogP contribution in [0.25, 0.3) is 0 Å². The molecule has 3 unspecified atom stereocenters. The minimum Gasteiger partial charge on any atom is -0.373 e. The zero-order chi connectivity index (χ0) is 21.2. The minimum atomic E-state index is -4.36. The summed E-state index contributed by atoms with van der Waals surface area (Å²) < 4.78 is 39.8. The summed E-state index contributed by atoms with van der Waals surface area (Å²) in [4.78, 5) is 4.47. The van der Waals surface area contributed by atoms with E-state index in [0.717, 1.165) is 33.7 Å². The number of aryl methyl sites for hydroxylation is 1. The maximum Gasteiger partial charge on any atom is 0.416 e. The van der Waals surface area contributed by atoms with Gasteiger partial charge in [0.15, 0.2) is 0 Å². The summed E-state index contributed by atoms with van der Waals surface area (Å²) in [6.45, 7) is 3.81. The molecule has 0 radical (unpaired) electrons. The molecule has 1 heterocycles. The quantitative estimate of drug-likeness (QED) is 0.472. The lowest BCUT2D eigenvalue weighted by atomic mass is 9.87. The Labute approximate surface area is 180 Å². The van der Waals surface area contributed by atoms with Gasteiger partial charge in [-0.05, 0) is 35.4 Å². The molecule has 1 aliphatic carbocycles. The van der Waals surface area contributed by atoms with Crippen molar-refractivity contribution in [2.45, 2.75) is 39.1 Å². The van der Waals surface area contributed by atoms with Crippen molar-refractivity contribution in [1.29, 1.82) is 0 Å². The number of benzene rings is 1. The molecule has 2 aromatic rings. The number of anilines is 1. The average molecular weight is 487 g/mol. The molecule has 0 spiro atoms. The number of hydrogen-bond donors (Lipinski definition) is 2. The second kappa shape index (κ2) is 9.02. The molecule has 0 saturated heterocycles. The van der Waals surface area contributed by atoms with Gasteiger partial charge in [-0.2, -0.15) is 13.2 Å². The number of thiazole rings is 1. The summed E-state index contributed by atoms with van der Waals surface area (Å²) >= 11 is 4.86. The highest BCUT2D eigenvalue weighted by molar-refractivity contribution is 9.11. The fraction of sp³-hybridized carbons (Fsp3) is 0.381. The van der Waals surface area contributed by atoms with E-state index in [1.807, 2.05) is 26.0 Å². The van der Waals surface area contributed by atoms with Crippen molar-refractivity contribution in [2.75, 3.05) is 5.32 Å². The Morgan fingerprint density at radius 2 is 2.14 bits per heavy atom. The van der Waals surface area contributed by atoms with E-state index < -0.39 is 18.0 Å². The van der Waals surface area contributed by atoms with Crippen molar-refractivity contribution in [3.63, 3.8) is 0 Å². The number of nitrogens with zero attached hydrogens (tertiary/aromatic N) is 1. The lowest BCUT2D eigenvalue weighted by Gasteiger charge is -2.28. The predicted octanol–water partition coefficient (Wildman–Crippen LogP) is 6.28. The van der Waals surface area contributed by atoms with Gasteiger partial charge in [-0.25, -0.2) is 4.98 Å². The molecule has 1 aromatic carbocycles. The van der Waals surface area contributed by atoms with Crippen LogP contribution in [0.15, 0.2) is 47.0 Å². The zero-order valence-corrected chi connectivity index (χ0v) is 18.4. The van der Waals surface area contributed by atoms with Crippen molar-refractivity contribution in [3.8, 4) is 0 Å². The van der Waals surface area contributed by atoms with Gasteiger partial charge < -0.3 is 10.4 Å². The van der Waals surface area contributed by atoms with Crippen LogP contribution in [0.3, 0.4) is 0 Å². The summed E-state index contributed by atoms with van der Waals surface area (Å²) in [6, 6.07) is 5.29. The number of halogens is 4. The second-order valence-electron chi connectivity index (χ2n) is 7.21. The normalized spacial score (nSPS) is 19.0. The number of nitrogens with one attached hydrogen (secondary N) is 1. The number of alkyl halides is 3. The molecule has 2 N–H and O–H groups in total. The lowest BCUT2D eigenvalue weighted by Crippen LogP contribution is -2.31. The molecule has 1 aliphatic rings. The second-order valence-corrected chi connectivity index (χ2v) is 9.31. The van der Waals surface area contributed by atoms with E-state index in [2.05, 4.69) is 32.3 Å². The summed E-state index contributed by atoms with van der Waals surface area (Å²) in [6.07, 6.45) is 2.08. The molecule has 8 heteroatoms. The maximum atomic E-state index is 12.9. The van der Waals surface area contributed by atoms with Gasteiger partial charge in [0.2, 0.25) is 0 Å². The van der Waals surface area contributed by atoms with Gasteiger partial charge in [-0.15, -0.1) is 11.3 Å². The third-order valence-electron chi connectivity index (χ3n) is 4.97. The molecule has 0 fully saturated rings. The third kappa shape index (κ3) is 5.71. The highest BCUT2D eigenvalue weighted by Crippen LogP contribution is 2.33. The number of aliphatic hydroxyl groups is 1. The number of aliphatic hydroxyl groups excluding tert-OH is 1. The minimum absolute atomic E-state index is 0.0269. The highest BCUT2D eigenvalue weighted by atomic mass is 79.9. The van der Waals surface area contributed by atoms with Gasteiger partial charge in [0.25, 0.3) is 0 Å². The number of hydrogen-bond acceptors (Lipinski definition) is 4. The Morgan fingerprint density at radius 1 is 1.38 bits per heavy atom. The first-order chi connectivity index (χ1) is 13.6. The SMILES string of the molecule is Cc1nc(Cc2cccc(C(F)(F)F)c2)sc1NC(O)C(C)C1C=CC=C(Br)C1. The van der Waals surface area contributed by atoms with Crippen molar-refractivity contribution < 1.29 is 18.3 Å². The molecular weight excluding hydrogens is 465 g/mol. The first-order valence-corrected chi connectivity index (χ1v) is 10.8. The topological polar surface area (TPSA) is 45.2 Å². The molecule has 3 atom stereocenters. The summed E-state index contributed by atoms with van der Waals surface area (Å²) in [7, 11) is 0. The molecule has 0 amide bonds. The van der Waals surface area contributed by atoms with Crippen LogP contribution in [0.4, 0.5) is 18.2 Å².